The van der Waals surface area contributed by atoms with Crippen LogP contribution in [0.3, 0.4) is 0 Å². The number of halogens is 1. The summed E-state index contributed by atoms with van der Waals surface area (Å²) in [6, 6.07) is 15.0. The second-order valence-electron chi connectivity index (χ2n) is 6.27. The highest BCUT2D eigenvalue weighted by Gasteiger charge is 2.15. The van der Waals surface area contributed by atoms with Crippen LogP contribution in [-0.4, -0.2) is 36.3 Å². The molecule has 1 aromatic carbocycles. The van der Waals surface area contributed by atoms with Gasteiger partial charge in [0.1, 0.15) is 17.3 Å². The lowest BCUT2D eigenvalue weighted by molar-refractivity contribution is -0.131. The van der Waals surface area contributed by atoms with Crippen molar-refractivity contribution in [3.05, 3.63) is 71.3 Å². The third-order valence-corrected chi connectivity index (χ3v) is 4.27. The van der Waals surface area contributed by atoms with E-state index in [1.807, 2.05) is 60.5 Å². The van der Waals surface area contributed by atoms with E-state index in [0.717, 1.165) is 22.8 Å². The molecular weight excluding hydrogens is 352 g/mol. The van der Waals surface area contributed by atoms with E-state index in [1.165, 1.54) is 0 Å². The highest BCUT2D eigenvalue weighted by atomic mass is 35.5. The van der Waals surface area contributed by atoms with Crippen molar-refractivity contribution in [1.29, 1.82) is 0 Å². The molecule has 0 N–H and O–H groups in total. The van der Waals surface area contributed by atoms with E-state index >= 15 is 0 Å². The second kappa shape index (κ2) is 8.25. The van der Waals surface area contributed by atoms with Crippen LogP contribution >= 0.6 is 11.6 Å². The second-order valence-corrected chi connectivity index (χ2v) is 6.71. The van der Waals surface area contributed by atoms with Crippen molar-refractivity contribution in [3.63, 3.8) is 0 Å². The molecule has 0 saturated carbocycles. The number of nitrogens with zero attached hydrogens (tertiary/aromatic N) is 2. The molecule has 5 nitrogen and oxygen atoms in total. The van der Waals surface area contributed by atoms with Crippen LogP contribution in [0.2, 0.25) is 5.02 Å². The molecule has 0 fully saturated rings. The molecule has 0 radical (unpaired) electrons. The Bertz CT molecular complexity index is 840. The molecule has 0 aliphatic heterocycles. The molecule has 0 unspecified atom stereocenters. The lowest BCUT2D eigenvalue weighted by atomic mass is 10.2. The first-order valence-corrected chi connectivity index (χ1v) is 8.68. The Kier molecular flexibility index (Phi) is 5.81. The molecule has 0 spiro atoms. The molecule has 2 heterocycles. The summed E-state index contributed by atoms with van der Waals surface area (Å²) in [4.78, 5) is 16.0. The highest BCUT2D eigenvalue weighted by molar-refractivity contribution is 6.30. The lowest BCUT2D eigenvalue weighted by Gasteiger charge is -2.20. The molecule has 1 amide bonds. The zero-order chi connectivity index (χ0) is 18.5. The highest BCUT2D eigenvalue weighted by Crippen LogP contribution is 2.24. The van der Waals surface area contributed by atoms with Crippen molar-refractivity contribution >= 4 is 17.5 Å². The third-order valence-electron chi connectivity index (χ3n) is 4.02. The maximum atomic E-state index is 12.4. The Labute approximate surface area is 157 Å². The smallest absolute Gasteiger partial charge is 0.236 e. The molecule has 136 valence electrons. The number of benzene rings is 1. The zero-order valence-electron chi connectivity index (χ0n) is 14.8. The van der Waals surface area contributed by atoms with E-state index in [0.29, 0.717) is 24.7 Å². The molecule has 0 saturated heterocycles. The number of rotatable bonds is 7. The summed E-state index contributed by atoms with van der Waals surface area (Å²) >= 11 is 5.91. The molecular formula is C20H21ClN2O3. The number of carbonyl (C=O) groups excluding carboxylic acids is 1. The van der Waals surface area contributed by atoms with E-state index < -0.39 is 0 Å². The fourth-order valence-corrected chi connectivity index (χ4v) is 2.76. The fraction of sp³-hybridized carbons (Fsp3) is 0.250. The van der Waals surface area contributed by atoms with Crippen LogP contribution in [0, 0.1) is 0 Å². The first-order chi connectivity index (χ1) is 12.5. The first kappa shape index (κ1) is 18.3. The summed E-state index contributed by atoms with van der Waals surface area (Å²) in [5, 5.41) is 0.685. The fourth-order valence-electron chi connectivity index (χ4n) is 2.63. The van der Waals surface area contributed by atoms with Gasteiger partial charge < -0.3 is 13.7 Å². The zero-order valence-corrected chi connectivity index (χ0v) is 15.6. The predicted molar refractivity (Wildman–Crippen MR) is 101 cm³/mol. The van der Waals surface area contributed by atoms with Crippen LogP contribution in [0.25, 0.3) is 11.3 Å². The predicted octanol–water partition coefficient (Wildman–Crippen LogP) is 4.28. The maximum absolute atomic E-state index is 12.4. The number of carbonyl (C=O) groups is 1. The molecule has 26 heavy (non-hydrogen) atoms. The Hall–Kier alpha value is -2.50. The Morgan fingerprint density at radius 2 is 1.77 bits per heavy atom. The summed E-state index contributed by atoms with van der Waals surface area (Å²) in [7, 11) is 3.66. The maximum Gasteiger partial charge on any atom is 0.236 e. The monoisotopic (exact) mass is 372 g/mol. The molecule has 0 aliphatic carbocycles. The van der Waals surface area contributed by atoms with Gasteiger partial charge in [0.15, 0.2) is 0 Å². The Balaban J connectivity index is 1.54. The van der Waals surface area contributed by atoms with Gasteiger partial charge in [0.05, 0.1) is 25.9 Å². The van der Waals surface area contributed by atoms with Gasteiger partial charge in [0, 0.05) is 17.6 Å². The lowest BCUT2D eigenvalue weighted by Crippen LogP contribution is -2.35. The summed E-state index contributed by atoms with van der Waals surface area (Å²) in [5.41, 5.74) is 0.952. The quantitative estimate of drug-likeness (QED) is 0.621. The molecule has 0 atom stereocenters. The molecule has 3 aromatic rings. The minimum atomic E-state index is 0.0171. The average Bonchev–Trinajstić information content (AvgIpc) is 3.27. The van der Waals surface area contributed by atoms with Crippen LogP contribution in [0.4, 0.5) is 0 Å². The van der Waals surface area contributed by atoms with Gasteiger partial charge in [0.2, 0.25) is 5.91 Å². The topological polar surface area (TPSA) is 49.8 Å². The molecule has 0 bridgehead atoms. The number of hydrogen-bond acceptors (Lipinski definition) is 4. The van der Waals surface area contributed by atoms with E-state index in [4.69, 9.17) is 20.4 Å². The Morgan fingerprint density at radius 1 is 1.00 bits per heavy atom. The van der Waals surface area contributed by atoms with Crippen LogP contribution in [-0.2, 0) is 17.9 Å². The van der Waals surface area contributed by atoms with Gasteiger partial charge in [-0.1, -0.05) is 11.6 Å². The van der Waals surface area contributed by atoms with Gasteiger partial charge in [-0.2, -0.15) is 0 Å². The standard InChI is InChI=1S/C20H21ClN2O3/c1-22(12-17-4-3-11-25-17)14-20(24)23(2)13-18-9-10-19(26-18)15-5-7-16(21)8-6-15/h3-11H,12-14H2,1-2H3. The summed E-state index contributed by atoms with van der Waals surface area (Å²) < 4.78 is 11.2. The van der Waals surface area contributed by atoms with Crippen LogP contribution in [0.15, 0.2) is 63.6 Å². The summed E-state index contributed by atoms with van der Waals surface area (Å²) in [6.07, 6.45) is 1.63. The van der Waals surface area contributed by atoms with Gasteiger partial charge in [-0.3, -0.25) is 9.69 Å². The number of furan rings is 2. The minimum Gasteiger partial charge on any atom is -0.468 e. The van der Waals surface area contributed by atoms with Gasteiger partial charge in [-0.25, -0.2) is 0 Å². The molecule has 3 rings (SSSR count). The van der Waals surface area contributed by atoms with Crippen LogP contribution in [0.5, 0.6) is 0 Å². The number of likely N-dealkylation sites (N-methyl/N-ethyl adjacent to an activating group) is 2. The Morgan fingerprint density at radius 3 is 2.46 bits per heavy atom. The van der Waals surface area contributed by atoms with E-state index in [2.05, 4.69) is 0 Å². The largest absolute Gasteiger partial charge is 0.468 e. The summed E-state index contributed by atoms with van der Waals surface area (Å²) in [5.74, 6) is 2.34. The van der Waals surface area contributed by atoms with Crippen LogP contribution < -0.4 is 0 Å². The number of hydrogen-bond donors (Lipinski definition) is 0. The van der Waals surface area contributed by atoms with E-state index in [9.17, 15) is 4.79 Å². The van der Waals surface area contributed by atoms with Gasteiger partial charge in [-0.05, 0) is 55.6 Å². The minimum absolute atomic E-state index is 0.0171. The van der Waals surface area contributed by atoms with Gasteiger partial charge in [0.25, 0.3) is 0 Å². The van der Waals surface area contributed by atoms with Gasteiger partial charge >= 0.3 is 0 Å². The van der Waals surface area contributed by atoms with Gasteiger partial charge in [-0.15, -0.1) is 0 Å². The number of amides is 1. The van der Waals surface area contributed by atoms with Crippen molar-refractivity contribution in [1.82, 2.24) is 9.80 Å². The normalized spacial score (nSPS) is 11.1. The summed E-state index contributed by atoms with van der Waals surface area (Å²) in [6.45, 7) is 1.32. The van der Waals surface area contributed by atoms with E-state index in [1.54, 1.807) is 18.2 Å². The van der Waals surface area contributed by atoms with E-state index in [-0.39, 0.29) is 5.91 Å². The van der Waals surface area contributed by atoms with Crippen molar-refractivity contribution < 1.29 is 13.6 Å². The average molecular weight is 373 g/mol. The molecule has 0 aliphatic rings. The SMILES string of the molecule is CN(CC(=O)N(C)Cc1ccc(-c2ccc(Cl)cc2)o1)Cc1ccco1. The van der Waals surface area contributed by atoms with Crippen molar-refractivity contribution in [2.75, 3.05) is 20.6 Å². The van der Waals surface area contributed by atoms with Crippen molar-refractivity contribution in [2.45, 2.75) is 13.1 Å². The van der Waals surface area contributed by atoms with Crippen molar-refractivity contribution in [2.24, 2.45) is 0 Å². The third kappa shape index (κ3) is 4.77. The van der Waals surface area contributed by atoms with Crippen LogP contribution in [0.1, 0.15) is 11.5 Å². The van der Waals surface area contributed by atoms with Crippen molar-refractivity contribution in [3.8, 4) is 11.3 Å². The first-order valence-electron chi connectivity index (χ1n) is 8.31. The molecule has 6 heteroatoms. The molecule has 2 aromatic heterocycles.